The molecule has 0 saturated carbocycles. The molecule has 1 heterocycles. The first kappa shape index (κ1) is 19.6. The molecule has 1 amide bonds. The van der Waals surface area contributed by atoms with Crippen molar-refractivity contribution in [3.8, 4) is 0 Å². The molecule has 0 radical (unpaired) electrons. The fourth-order valence-electron chi connectivity index (χ4n) is 5.01. The predicted molar refractivity (Wildman–Crippen MR) is 126 cm³/mol. The number of carbonyl (C=O) groups is 1. The summed E-state index contributed by atoms with van der Waals surface area (Å²) in [6.07, 6.45) is 5.66. The Labute approximate surface area is 184 Å². The number of hydrogen-bond acceptors (Lipinski definition) is 2. The van der Waals surface area contributed by atoms with Crippen LogP contribution in [-0.4, -0.2) is 5.91 Å². The molecule has 4 unspecified atom stereocenters. The van der Waals surface area contributed by atoms with Gasteiger partial charge in [-0.25, -0.2) is 0 Å². The number of rotatable bonds is 4. The molecule has 0 spiro atoms. The van der Waals surface area contributed by atoms with E-state index in [0.717, 1.165) is 23.2 Å². The van der Waals surface area contributed by atoms with Gasteiger partial charge in [-0.2, -0.15) is 0 Å². The van der Waals surface area contributed by atoms with E-state index in [9.17, 15) is 4.79 Å². The largest absolute Gasteiger partial charge is 0.377 e. The lowest BCUT2D eigenvalue weighted by Crippen LogP contribution is -2.32. The Hall–Kier alpha value is -3.33. The predicted octanol–water partition coefficient (Wildman–Crippen LogP) is 6.31. The zero-order valence-corrected chi connectivity index (χ0v) is 18.0. The summed E-state index contributed by atoms with van der Waals surface area (Å²) in [6.45, 7) is 4.14. The maximum Gasteiger partial charge on any atom is 0.253 e. The van der Waals surface area contributed by atoms with Crippen LogP contribution in [0.15, 0.2) is 84.9 Å². The number of para-hydroxylation sites is 1. The van der Waals surface area contributed by atoms with Gasteiger partial charge in [-0.3, -0.25) is 4.79 Å². The summed E-state index contributed by atoms with van der Waals surface area (Å²) in [5, 5.41) is 6.95. The number of hydrogen-bond donors (Lipinski definition) is 2. The minimum Gasteiger partial charge on any atom is -0.377 e. The van der Waals surface area contributed by atoms with Crippen LogP contribution in [0.3, 0.4) is 0 Å². The van der Waals surface area contributed by atoms with Crippen LogP contribution in [0.4, 0.5) is 5.69 Å². The maximum absolute atomic E-state index is 13.3. The second-order valence-electron chi connectivity index (χ2n) is 8.76. The molecule has 0 bridgehead atoms. The van der Waals surface area contributed by atoms with Crippen LogP contribution < -0.4 is 10.6 Å². The highest BCUT2D eigenvalue weighted by atomic mass is 16.1. The monoisotopic (exact) mass is 408 g/mol. The molecule has 5 rings (SSSR count). The number of benzene rings is 3. The van der Waals surface area contributed by atoms with E-state index < -0.39 is 0 Å². The van der Waals surface area contributed by atoms with Crippen LogP contribution in [-0.2, 0) is 0 Å². The fraction of sp³-hybridized carbons (Fsp3) is 0.250. The second kappa shape index (κ2) is 8.07. The molecule has 0 aromatic heterocycles. The van der Waals surface area contributed by atoms with Crippen LogP contribution >= 0.6 is 0 Å². The normalized spacial score (nSPS) is 22.2. The molecule has 4 atom stereocenters. The van der Waals surface area contributed by atoms with Gasteiger partial charge in [0.2, 0.25) is 0 Å². The fourth-order valence-corrected chi connectivity index (χ4v) is 5.01. The van der Waals surface area contributed by atoms with Crippen LogP contribution in [0.2, 0.25) is 0 Å². The van der Waals surface area contributed by atoms with Crippen molar-refractivity contribution in [2.75, 3.05) is 5.32 Å². The quantitative estimate of drug-likeness (QED) is 0.497. The Morgan fingerprint density at radius 1 is 1.00 bits per heavy atom. The Balaban J connectivity index is 1.48. The van der Waals surface area contributed by atoms with Crippen LogP contribution in [0, 0.1) is 12.8 Å². The van der Waals surface area contributed by atoms with Gasteiger partial charge in [0.1, 0.15) is 0 Å². The number of amides is 1. The highest BCUT2D eigenvalue weighted by Gasteiger charge is 2.39. The molecule has 0 fully saturated rings. The SMILES string of the molecule is Cc1ccc(C2Nc3c(C(=O)NC(C)c4ccccc4)cccc3C3C=CCC32)cc1. The average molecular weight is 409 g/mol. The average Bonchev–Trinajstić information content (AvgIpc) is 3.29. The van der Waals surface area contributed by atoms with E-state index in [0.29, 0.717) is 11.8 Å². The van der Waals surface area contributed by atoms with Gasteiger partial charge in [0, 0.05) is 5.92 Å². The van der Waals surface area contributed by atoms with Gasteiger partial charge in [-0.1, -0.05) is 84.4 Å². The molecule has 2 N–H and O–H groups in total. The van der Waals surface area contributed by atoms with E-state index in [1.165, 1.54) is 16.7 Å². The smallest absolute Gasteiger partial charge is 0.253 e. The molecule has 31 heavy (non-hydrogen) atoms. The highest BCUT2D eigenvalue weighted by molar-refractivity contribution is 6.01. The van der Waals surface area contributed by atoms with Crippen LogP contribution in [0.1, 0.15) is 64.0 Å². The highest BCUT2D eigenvalue weighted by Crippen LogP contribution is 2.50. The van der Waals surface area contributed by atoms with E-state index >= 15 is 0 Å². The molecule has 1 aliphatic carbocycles. The lowest BCUT2D eigenvalue weighted by Gasteiger charge is -2.38. The van der Waals surface area contributed by atoms with Gasteiger partial charge in [-0.05, 0) is 48.9 Å². The van der Waals surface area contributed by atoms with E-state index in [2.05, 4.69) is 60.0 Å². The van der Waals surface area contributed by atoms with Crippen molar-refractivity contribution in [1.29, 1.82) is 0 Å². The molecular weight excluding hydrogens is 380 g/mol. The van der Waals surface area contributed by atoms with E-state index in [4.69, 9.17) is 0 Å². The minimum atomic E-state index is -0.0554. The molecule has 1 aliphatic heterocycles. The van der Waals surface area contributed by atoms with Crippen molar-refractivity contribution in [1.82, 2.24) is 5.32 Å². The standard InChI is InChI=1S/C28H28N2O/c1-18-14-16-21(17-15-18)26-23-11-6-10-22(23)24-12-7-13-25(27(24)30-26)28(31)29-19(2)20-8-4-3-5-9-20/h3-10,12-17,19,22-23,26,30H,11H2,1-2H3,(H,29,31). The van der Waals surface area contributed by atoms with Crippen molar-refractivity contribution in [2.45, 2.75) is 38.3 Å². The summed E-state index contributed by atoms with van der Waals surface area (Å²) >= 11 is 0. The molecular formula is C28H28N2O. The maximum atomic E-state index is 13.3. The zero-order valence-electron chi connectivity index (χ0n) is 18.0. The Morgan fingerprint density at radius 3 is 2.55 bits per heavy atom. The van der Waals surface area contributed by atoms with Crippen molar-refractivity contribution in [3.63, 3.8) is 0 Å². The first-order valence-corrected chi connectivity index (χ1v) is 11.1. The van der Waals surface area contributed by atoms with E-state index in [1.807, 2.05) is 49.4 Å². The number of allylic oxidation sites excluding steroid dienone is 2. The second-order valence-corrected chi connectivity index (χ2v) is 8.76. The first-order chi connectivity index (χ1) is 15.1. The Bertz CT molecular complexity index is 1120. The lowest BCUT2D eigenvalue weighted by atomic mass is 9.76. The first-order valence-electron chi connectivity index (χ1n) is 11.1. The lowest BCUT2D eigenvalue weighted by molar-refractivity contribution is 0.0940. The summed E-state index contributed by atoms with van der Waals surface area (Å²) in [4.78, 5) is 13.3. The van der Waals surface area contributed by atoms with Gasteiger partial charge in [0.05, 0.1) is 23.3 Å². The summed E-state index contributed by atoms with van der Waals surface area (Å²) in [5.41, 5.74) is 6.56. The van der Waals surface area contributed by atoms with E-state index in [1.54, 1.807) is 0 Å². The number of anilines is 1. The molecule has 2 aliphatic rings. The molecule has 156 valence electrons. The minimum absolute atomic E-state index is 0.0382. The van der Waals surface area contributed by atoms with Crippen LogP contribution in [0.5, 0.6) is 0 Å². The molecule has 3 aromatic rings. The third-order valence-electron chi connectivity index (χ3n) is 6.72. The Kier molecular flexibility index (Phi) is 5.11. The third-order valence-corrected chi connectivity index (χ3v) is 6.72. The Morgan fingerprint density at radius 2 is 1.77 bits per heavy atom. The molecule has 3 nitrogen and oxygen atoms in total. The molecule has 3 heteroatoms. The van der Waals surface area contributed by atoms with Crippen molar-refractivity contribution in [2.24, 2.45) is 5.92 Å². The van der Waals surface area contributed by atoms with Gasteiger partial charge in [0.25, 0.3) is 5.91 Å². The van der Waals surface area contributed by atoms with E-state index in [-0.39, 0.29) is 18.0 Å². The van der Waals surface area contributed by atoms with Crippen molar-refractivity contribution in [3.05, 3.63) is 113 Å². The van der Waals surface area contributed by atoms with Gasteiger partial charge in [-0.15, -0.1) is 0 Å². The molecule has 3 aromatic carbocycles. The van der Waals surface area contributed by atoms with Crippen molar-refractivity contribution < 1.29 is 4.79 Å². The van der Waals surface area contributed by atoms with Crippen LogP contribution in [0.25, 0.3) is 0 Å². The van der Waals surface area contributed by atoms with Gasteiger partial charge >= 0.3 is 0 Å². The van der Waals surface area contributed by atoms with Gasteiger partial charge in [0.15, 0.2) is 0 Å². The number of aryl methyl sites for hydroxylation is 1. The summed E-state index contributed by atoms with van der Waals surface area (Å²) in [7, 11) is 0. The number of fused-ring (bicyclic) bond motifs is 3. The molecule has 0 saturated heterocycles. The third kappa shape index (κ3) is 3.65. The van der Waals surface area contributed by atoms with Crippen molar-refractivity contribution >= 4 is 11.6 Å². The number of carbonyl (C=O) groups excluding carboxylic acids is 1. The number of nitrogens with one attached hydrogen (secondary N) is 2. The van der Waals surface area contributed by atoms with Gasteiger partial charge < -0.3 is 10.6 Å². The zero-order chi connectivity index (χ0) is 21.4. The topological polar surface area (TPSA) is 41.1 Å². The summed E-state index contributed by atoms with van der Waals surface area (Å²) in [5.74, 6) is 0.766. The summed E-state index contributed by atoms with van der Waals surface area (Å²) < 4.78 is 0. The summed E-state index contributed by atoms with van der Waals surface area (Å²) in [6, 6.07) is 25.1.